The molecule has 2 saturated heterocycles. The molecule has 0 radical (unpaired) electrons. The van der Waals surface area contributed by atoms with E-state index in [9.17, 15) is 9.59 Å². The van der Waals surface area contributed by atoms with Crippen molar-refractivity contribution in [1.29, 1.82) is 0 Å². The predicted molar refractivity (Wildman–Crippen MR) is 118 cm³/mol. The smallest absolute Gasteiger partial charge is 0.262 e. The molecule has 0 saturated carbocycles. The quantitative estimate of drug-likeness (QED) is 0.796. The Bertz CT molecular complexity index is 892. The lowest BCUT2D eigenvalue weighted by Crippen LogP contribution is -2.44. The van der Waals surface area contributed by atoms with E-state index in [1.54, 1.807) is 17.0 Å². The minimum atomic E-state index is -0.218. The average molecular weight is 409 g/mol. The highest BCUT2D eigenvalue weighted by atomic mass is 16.5. The zero-order valence-electron chi connectivity index (χ0n) is 17.3. The summed E-state index contributed by atoms with van der Waals surface area (Å²) in [4.78, 5) is 30.6. The van der Waals surface area contributed by atoms with Crippen LogP contribution in [0.15, 0.2) is 48.5 Å². The maximum Gasteiger partial charge on any atom is 0.262 e. The van der Waals surface area contributed by atoms with Crippen LogP contribution in [-0.4, -0.2) is 63.1 Å². The molecule has 0 spiro atoms. The van der Waals surface area contributed by atoms with Gasteiger partial charge in [0.25, 0.3) is 5.91 Å². The Kier molecular flexibility index (Phi) is 6.18. The highest BCUT2D eigenvalue weighted by molar-refractivity contribution is 5.95. The number of nitrogens with one attached hydrogen (secondary N) is 1. The van der Waals surface area contributed by atoms with Crippen LogP contribution in [0.25, 0.3) is 0 Å². The zero-order chi connectivity index (χ0) is 20.9. The van der Waals surface area contributed by atoms with Gasteiger partial charge in [0.2, 0.25) is 5.91 Å². The van der Waals surface area contributed by atoms with Gasteiger partial charge in [-0.05, 0) is 49.9 Å². The molecule has 1 N–H and O–H groups in total. The van der Waals surface area contributed by atoms with Gasteiger partial charge in [-0.1, -0.05) is 6.07 Å². The Morgan fingerprint density at radius 3 is 2.47 bits per heavy atom. The molecule has 7 heteroatoms. The Morgan fingerprint density at radius 2 is 1.77 bits per heavy atom. The molecule has 0 aromatic heterocycles. The Hall–Kier alpha value is -3.06. The number of carbonyl (C=O) groups excluding carboxylic acids is 2. The molecule has 7 nitrogen and oxygen atoms in total. The average Bonchev–Trinajstić information content (AvgIpc) is 3.20. The van der Waals surface area contributed by atoms with Crippen molar-refractivity contribution in [1.82, 2.24) is 4.90 Å². The van der Waals surface area contributed by atoms with E-state index in [1.165, 1.54) is 5.69 Å². The molecule has 0 bridgehead atoms. The van der Waals surface area contributed by atoms with Crippen molar-refractivity contribution in [2.24, 2.45) is 0 Å². The number of hydrogen-bond acceptors (Lipinski definition) is 5. The van der Waals surface area contributed by atoms with Crippen molar-refractivity contribution in [3.63, 3.8) is 0 Å². The number of nitrogens with zero attached hydrogens (tertiary/aromatic N) is 3. The number of likely N-dealkylation sites (N-methyl/N-ethyl adjacent to an activating group) is 1. The van der Waals surface area contributed by atoms with Crippen LogP contribution >= 0.6 is 0 Å². The normalized spacial score (nSPS) is 17.3. The summed E-state index contributed by atoms with van der Waals surface area (Å²) >= 11 is 0. The molecule has 2 amide bonds. The Balaban J connectivity index is 1.28. The van der Waals surface area contributed by atoms with Gasteiger partial charge < -0.3 is 24.8 Å². The second kappa shape index (κ2) is 9.17. The van der Waals surface area contributed by atoms with E-state index in [0.29, 0.717) is 12.2 Å². The molecule has 4 rings (SSSR count). The van der Waals surface area contributed by atoms with Gasteiger partial charge >= 0.3 is 0 Å². The van der Waals surface area contributed by atoms with Crippen LogP contribution in [0.1, 0.15) is 12.8 Å². The lowest BCUT2D eigenvalue weighted by atomic mass is 10.2. The first kappa shape index (κ1) is 20.2. The molecule has 2 fully saturated rings. The van der Waals surface area contributed by atoms with Crippen LogP contribution in [0.4, 0.5) is 17.1 Å². The van der Waals surface area contributed by atoms with E-state index in [0.717, 1.165) is 50.5 Å². The van der Waals surface area contributed by atoms with Gasteiger partial charge in [0.05, 0.1) is 0 Å². The molecule has 2 aromatic rings. The van der Waals surface area contributed by atoms with Crippen molar-refractivity contribution in [2.45, 2.75) is 12.8 Å². The van der Waals surface area contributed by atoms with Crippen LogP contribution in [-0.2, 0) is 9.59 Å². The largest absolute Gasteiger partial charge is 0.484 e. The van der Waals surface area contributed by atoms with Gasteiger partial charge in [0.1, 0.15) is 5.75 Å². The first-order valence-electron chi connectivity index (χ1n) is 10.5. The molecule has 2 aliphatic rings. The summed E-state index contributed by atoms with van der Waals surface area (Å²) in [6, 6.07) is 15.2. The van der Waals surface area contributed by atoms with E-state index in [-0.39, 0.29) is 18.4 Å². The van der Waals surface area contributed by atoms with Gasteiger partial charge in [-0.3, -0.25) is 9.59 Å². The second-order valence-corrected chi connectivity index (χ2v) is 7.82. The van der Waals surface area contributed by atoms with Gasteiger partial charge in [0, 0.05) is 62.3 Å². The van der Waals surface area contributed by atoms with Crippen molar-refractivity contribution >= 4 is 28.9 Å². The van der Waals surface area contributed by atoms with Crippen molar-refractivity contribution in [3.8, 4) is 5.75 Å². The zero-order valence-corrected chi connectivity index (χ0v) is 17.3. The van der Waals surface area contributed by atoms with E-state index in [1.807, 2.05) is 36.4 Å². The molecule has 2 aromatic carbocycles. The number of hydrogen-bond donors (Lipinski definition) is 1. The van der Waals surface area contributed by atoms with Crippen LogP contribution < -0.4 is 19.9 Å². The number of benzene rings is 2. The minimum absolute atomic E-state index is 0.0857. The summed E-state index contributed by atoms with van der Waals surface area (Å²) in [5, 5.41) is 2.87. The van der Waals surface area contributed by atoms with E-state index >= 15 is 0 Å². The molecule has 0 aliphatic carbocycles. The fourth-order valence-corrected chi connectivity index (χ4v) is 3.83. The van der Waals surface area contributed by atoms with Crippen molar-refractivity contribution < 1.29 is 14.3 Å². The summed E-state index contributed by atoms with van der Waals surface area (Å²) in [6.45, 7) is 4.78. The standard InChI is InChI=1S/C23H28N4O3/c1-25-12-14-26(15-13-25)19-9-7-18(8-10-19)24-22(28)17-30-21-5-2-4-20(16-21)27-11-3-6-23(27)29/h2,4-5,7-10,16H,3,6,11-15,17H2,1H3,(H,24,28). The van der Waals surface area contributed by atoms with Crippen LogP contribution in [0.5, 0.6) is 5.75 Å². The van der Waals surface area contributed by atoms with Crippen molar-refractivity contribution in [2.75, 3.05) is 61.5 Å². The molecule has 2 aliphatic heterocycles. The topological polar surface area (TPSA) is 65.1 Å². The lowest BCUT2D eigenvalue weighted by Gasteiger charge is -2.34. The third kappa shape index (κ3) is 4.91. The summed E-state index contributed by atoms with van der Waals surface area (Å²) in [7, 11) is 2.14. The van der Waals surface area contributed by atoms with Gasteiger partial charge in [-0.25, -0.2) is 0 Å². The first-order valence-corrected chi connectivity index (χ1v) is 10.5. The van der Waals surface area contributed by atoms with Crippen LogP contribution in [0, 0.1) is 0 Å². The Morgan fingerprint density at radius 1 is 1.00 bits per heavy atom. The fourth-order valence-electron chi connectivity index (χ4n) is 3.83. The van der Waals surface area contributed by atoms with E-state index in [2.05, 4.69) is 22.2 Å². The molecule has 2 heterocycles. The maximum atomic E-state index is 12.3. The number of anilines is 3. The molecular formula is C23H28N4O3. The van der Waals surface area contributed by atoms with Gasteiger partial charge in [-0.15, -0.1) is 0 Å². The summed E-state index contributed by atoms with van der Waals surface area (Å²) < 4.78 is 5.64. The SMILES string of the molecule is CN1CCN(c2ccc(NC(=O)COc3cccc(N4CCCC4=O)c3)cc2)CC1. The number of ether oxygens (including phenoxy) is 1. The van der Waals surface area contributed by atoms with Crippen LogP contribution in [0.3, 0.4) is 0 Å². The fraction of sp³-hybridized carbons (Fsp3) is 0.391. The highest BCUT2D eigenvalue weighted by Crippen LogP contribution is 2.25. The number of amides is 2. The van der Waals surface area contributed by atoms with E-state index in [4.69, 9.17) is 4.74 Å². The Labute approximate surface area is 177 Å². The number of carbonyl (C=O) groups is 2. The predicted octanol–water partition coefficient (Wildman–Crippen LogP) is 2.58. The molecule has 158 valence electrons. The summed E-state index contributed by atoms with van der Waals surface area (Å²) in [5.74, 6) is 0.489. The summed E-state index contributed by atoms with van der Waals surface area (Å²) in [6.07, 6.45) is 1.46. The van der Waals surface area contributed by atoms with Crippen LogP contribution in [0.2, 0.25) is 0 Å². The molecule has 0 atom stereocenters. The third-order valence-electron chi connectivity index (χ3n) is 5.59. The first-order chi connectivity index (χ1) is 14.6. The molecular weight excluding hydrogens is 380 g/mol. The van der Waals surface area contributed by atoms with Gasteiger partial charge in [-0.2, -0.15) is 0 Å². The molecule has 0 unspecified atom stereocenters. The monoisotopic (exact) mass is 408 g/mol. The molecule has 30 heavy (non-hydrogen) atoms. The third-order valence-corrected chi connectivity index (χ3v) is 5.59. The number of piperazine rings is 1. The highest BCUT2D eigenvalue weighted by Gasteiger charge is 2.22. The summed E-state index contributed by atoms with van der Waals surface area (Å²) in [5.41, 5.74) is 2.73. The minimum Gasteiger partial charge on any atom is -0.484 e. The second-order valence-electron chi connectivity index (χ2n) is 7.82. The van der Waals surface area contributed by atoms with Gasteiger partial charge in [0.15, 0.2) is 6.61 Å². The maximum absolute atomic E-state index is 12.3. The van der Waals surface area contributed by atoms with Crippen molar-refractivity contribution in [3.05, 3.63) is 48.5 Å². The number of rotatable bonds is 6. The lowest BCUT2D eigenvalue weighted by molar-refractivity contribution is -0.118. The van der Waals surface area contributed by atoms with E-state index < -0.39 is 0 Å².